The summed E-state index contributed by atoms with van der Waals surface area (Å²) < 4.78 is 38.4. The molecule has 1 aliphatic carbocycles. The Morgan fingerprint density at radius 2 is 1.48 bits per heavy atom. The van der Waals surface area contributed by atoms with E-state index in [9.17, 15) is 23.1 Å². The lowest BCUT2D eigenvalue weighted by atomic mass is 9.80. The van der Waals surface area contributed by atoms with Gasteiger partial charge in [-0.1, -0.05) is 32.6 Å². The second-order valence-electron chi connectivity index (χ2n) is 6.80. The zero-order chi connectivity index (χ0) is 15.7. The van der Waals surface area contributed by atoms with Crippen molar-refractivity contribution in [1.82, 2.24) is 4.90 Å². The van der Waals surface area contributed by atoms with E-state index in [0.29, 0.717) is 0 Å². The van der Waals surface area contributed by atoms with Crippen LogP contribution in [0.15, 0.2) is 0 Å². The van der Waals surface area contributed by atoms with Gasteiger partial charge in [0.05, 0.1) is 0 Å². The number of alkyl halides is 3. The summed E-state index contributed by atoms with van der Waals surface area (Å²) in [7, 11) is 0. The minimum atomic E-state index is -4.62. The predicted molar refractivity (Wildman–Crippen MR) is 72.6 cm³/mol. The van der Waals surface area contributed by atoms with Crippen molar-refractivity contribution in [2.45, 2.75) is 70.1 Å². The summed E-state index contributed by atoms with van der Waals surface area (Å²) in [5.41, 5.74) is -3.07. The molecule has 1 saturated carbocycles. The van der Waals surface area contributed by atoms with E-state index >= 15 is 0 Å². The van der Waals surface area contributed by atoms with Crippen molar-refractivity contribution in [3.63, 3.8) is 0 Å². The zero-order valence-corrected chi connectivity index (χ0v) is 12.5. The van der Waals surface area contributed by atoms with Gasteiger partial charge in [-0.15, -0.1) is 0 Å². The number of hydrogen-bond donors (Lipinski definition) is 1. The van der Waals surface area contributed by atoms with Crippen molar-refractivity contribution in [3.05, 3.63) is 0 Å². The molecule has 0 aromatic heterocycles. The van der Waals surface area contributed by atoms with Crippen LogP contribution >= 0.6 is 0 Å². The summed E-state index contributed by atoms with van der Waals surface area (Å²) in [5, 5.41) is 9.66. The monoisotopic (exact) mass is 307 g/mol. The molecule has 2 fully saturated rings. The molecule has 3 nitrogen and oxygen atoms in total. The Balaban J connectivity index is 2.00. The Morgan fingerprint density at radius 1 is 1.00 bits per heavy atom. The van der Waals surface area contributed by atoms with Crippen molar-refractivity contribution >= 4 is 5.91 Å². The summed E-state index contributed by atoms with van der Waals surface area (Å²) >= 11 is 0. The number of likely N-dealkylation sites (tertiary alicyclic amines) is 1. The highest BCUT2D eigenvalue weighted by molar-refractivity contribution is 5.82. The largest absolute Gasteiger partial charge is 0.417 e. The highest BCUT2D eigenvalue weighted by Crippen LogP contribution is 2.41. The van der Waals surface area contributed by atoms with E-state index in [1.807, 2.05) is 6.92 Å². The first-order valence-corrected chi connectivity index (χ1v) is 7.76. The average molecular weight is 307 g/mol. The second-order valence-corrected chi connectivity index (χ2v) is 6.80. The van der Waals surface area contributed by atoms with Crippen LogP contribution in [0.5, 0.6) is 0 Å². The number of carbonyl (C=O) groups is 1. The number of piperidine rings is 1. The van der Waals surface area contributed by atoms with Crippen molar-refractivity contribution in [2.24, 2.45) is 5.41 Å². The van der Waals surface area contributed by atoms with Gasteiger partial charge in [-0.25, -0.2) is 0 Å². The first-order valence-electron chi connectivity index (χ1n) is 7.76. The van der Waals surface area contributed by atoms with Gasteiger partial charge in [0.25, 0.3) is 0 Å². The lowest BCUT2D eigenvalue weighted by Crippen LogP contribution is -2.56. The van der Waals surface area contributed by atoms with E-state index in [-0.39, 0.29) is 19.0 Å². The Kier molecular flexibility index (Phi) is 4.57. The number of aliphatic hydroxyl groups is 1. The fourth-order valence-corrected chi connectivity index (χ4v) is 3.47. The molecule has 122 valence electrons. The molecule has 0 aromatic carbocycles. The lowest BCUT2D eigenvalue weighted by Gasteiger charge is -2.42. The molecular formula is C15H24F3NO2. The van der Waals surface area contributed by atoms with Gasteiger partial charge < -0.3 is 10.0 Å². The molecule has 0 radical (unpaired) electrons. The average Bonchev–Trinajstić information content (AvgIpc) is 2.63. The molecule has 1 saturated heterocycles. The molecule has 1 N–H and O–H groups in total. The fourth-order valence-electron chi connectivity index (χ4n) is 3.47. The number of amides is 1. The van der Waals surface area contributed by atoms with Crippen LogP contribution in [0.4, 0.5) is 13.2 Å². The minimum Gasteiger partial charge on any atom is -0.380 e. The van der Waals surface area contributed by atoms with Gasteiger partial charge >= 0.3 is 6.18 Å². The van der Waals surface area contributed by atoms with Crippen LogP contribution in [0.2, 0.25) is 0 Å². The Morgan fingerprint density at radius 3 is 1.90 bits per heavy atom. The molecule has 0 aromatic rings. The quantitative estimate of drug-likeness (QED) is 0.755. The summed E-state index contributed by atoms with van der Waals surface area (Å²) in [6, 6.07) is 0. The molecule has 0 unspecified atom stereocenters. The van der Waals surface area contributed by atoms with E-state index in [1.165, 1.54) is 4.90 Å². The molecule has 0 bridgehead atoms. The Bertz CT molecular complexity index is 379. The number of nitrogens with zero attached hydrogens (tertiary/aromatic N) is 1. The van der Waals surface area contributed by atoms with Crippen molar-refractivity contribution in [3.8, 4) is 0 Å². The molecule has 0 atom stereocenters. The van der Waals surface area contributed by atoms with Crippen LogP contribution in [-0.2, 0) is 4.79 Å². The van der Waals surface area contributed by atoms with Crippen molar-refractivity contribution in [2.75, 3.05) is 13.1 Å². The van der Waals surface area contributed by atoms with Gasteiger partial charge in [-0.3, -0.25) is 4.79 Å². The second kappa shape index (κ2) is 5.78. The van der Waals surface area contributed by atoms with Crippen LogP contribution in [0.1, 0.15) is 58.3 Å². The maximum atomic E-state index is 12.8. The maximum Gasteiger partial charge on any atom is 0.417 e. The number of carbonyl (C=O) groups excluding carboxylic acids is 1. The summed E-state index contributed by atoms with van der Waals surface area (Å²) in [4.78, 5) is 14.2. The smallest absolute Gasteiger partial charge is 0.380 e. The molecule has 1 aliphatic heterocycles. The van der Waals surface area contributed by atoms with Crippen molar-refractivity contribution < 1.29 is 23.1 Å². The van der Waals surface area contributed by atoms with Crippen LogP contribution < -0.4 is 0 Å². The Hall–Kier alpha value is -0.780. The first kappa shape index (κ1) is 16.6. The normalized spacial score (nSPS) is 26.2. The van der Waals surface area contributed by atoms with Gasteiger partial charge in [-0.05, 0) is 12.8 Å². The zero-order valence-electron chi connectivity index (χ0n) is 12.5. The molecule has 6 heteroatoms. The summed E-state index contributed by atoms with van der Waals surface area (Å²) in [5.74, 6) is -0.0337. The van der Waals surface area contributed by atoms with Crippen LogP contribution in [-0.4, -0.2) is 40.8 Å². The highest BCUT2D eigenvalue weighted by Gasteiger charge is 2.55. The standard InChI is InChI=1S/C15H24F3NO2/c1-13(6-4-2-3-5-7-13)12(20)19-10-8-14(21,9-11-19)15(16,17)18/h21H,2-11H2,1H3. The maximum absolute atomic E-state index is 12.8. The number of hydrogen-bond acceptors (Lipinski definition) is 2. The van der Waals surface area contributed by atoms with E-state index in [4.69, 9.17) is 0 Å². The summed E-state index contributed by atoms with van der Waals surface area (Å²) in [6.07, 6.45) is 0.418. The lowest BCUT2D eigenvalue weighted by molar-refractivity contribution is -0.272. The summed E-state index contributed by atoms with van der Waals surface area (Å²) in [6.45, 7) is 1.92. The number of rotatable bonds is 1. The van der Waals surface area contributed by atoms with Crippen molar-refractivity contribution in [1.29, 1.82) is 0 Å². The molecule has 0 spiro atoms. The van der Waals surface area contributed by atoms with Gasteiger partial charge in [0, 0.05) is 31.3 Å². The third kappa shape index (κ3) is 3.35. The molecular weight excluding hydrogens is 283 g/mol. The molecule has 1 heterocycles. The van der Waals surface area contributed by atoms with Crippen LogP contribution in [0, 0.1) is 5.41 Å². The third-order valence-corrected chi connectivity index (χ3v) is 5.13. The van der Waals surface area contributed by atoms with Gasteiger partial charge in [0.2, 0.25) is 5.91 Å². The molecule has 21 heavy (non-hydrogen) atoms. The van der Waals surface area contributed by atoms with Gasteiger partial charge in [0.1, 0.15) is 0 Å². The highest BCUT2D eigenvalue weighted by atomic mass is 19.4. The van der Waals surface area contributed by atoms with E-state index in [2.05, 4.69) is 0 Å². The third-order valence-electron chi connectivity index (χ3n) is 5.13. The van der Waals surface area contributed by atoms with E-state index < -0.39 is 30.0 Å². The topological polar surface area (TPSA) is 40.5 Å². The molecule has 1 amide bonds. The molecule has 2 rings (SSSR count). The fraction of sp³-hybridized carbons (Fsp3) is 0.933. The minimum absolute atomic E-state index is 0.00949. The predicted octanol–water partition coefficient (Wildman–Crippen LogP) is 3.26. The molecule has 2 aliphatic rings. The van der Waals surface area contributed by atoms with Gasteiger partial charge in [-0.2, -0.15) is 13.2 Å². The van der Waals surface area contributed by atoms with E-state index in [0.717, 1.165) is 38.5 Å². The SMILES string of the molecule is CC1(C(=O)N2CCC(O)(C(F)(F)F)CC2)CCCCCC1. The van der Waals surface area contributed by atoms with Crippen LogP contribution in [0.3, 0.4) is 0 Å². The van der Waals surface area contributed by atoms with E-state index in [1.54, 1.807) is 0 Å². The first-order chi connectivity index (χ1) is 9.68. The Labute approximate surface area is 123 Å². The number of halogens is 3. The van der Waals surface area contributed by atoms with Crippen LogP contribution in [0.25, 0.3) is 0 Å². The van der Waals surface area contributed by atoms with Gasteiger partial charge in [0.15, 0.2) is 5.60 Å².